The first kappa shape index (κ1) is 13.7. The molecule has 1 aromatic carbocycles. The summed E-state index contributed by atoms with van der Waals surface area (Å²) in [7, 11) is 1.70. The van der Waals surface area contributed by atoms with E-state index in [1.165, 1.54) is 5.69 Å². The number of halogens is 1. The van der Waals surface area contributed by atoms with E-state index in [0.29, 0.717) is 12.6 Å². The highest BCUT2D eigenvalue weighted by atomic mass is 19.1. The molecule has 3 rings (SSSR count). The lowest BCUT2D eigenvalue weighted by Gasteiger charge is -2.37. The Morgan fingerprint density at radius 2 is 1.95 bits per heavy atom. The molecule has 3 nitrogen and oxygen atoms in total. The van der Waals surface area contributed by atoms with Crippen LogP contribution in [0, 0.1) is 0 Å². The van der Waals surface area contributed by atoms with Crippen molar-refractivity contribution in [1.82, 2.24) is 4.90 Å². The van der Waals surface area contributed by atoms with Crippen LogP contribution in [0.5, 0.6) is 5.75 Å². The number of anilines is 1. The largest absolute Gasteiger partial charge is 0.497 e. The van der Waals surface area contributed by atoms with Gasteiger partial charge in [-0.3, -0.25) is 4.90 Å². The molecule has 0 bridgehead atoms. The predicted octanol–water partition coefficient (Wildman–Crippen LogP) is 2.71. The smallest absolute Gasteiger partial charge is 0.120 e. The van der Waals surface area contributed by atoms with Crippen LogP contribution < -0.4 is 9.64 Å². The van der Waals surface area contributed by atoms with Crippen molar-refractivity contribution in [2.45, 2.75) is 31.5 Å². The van der Waals surface area contributed by atoms with Crippen molar-refractivity contribution < 1.29 is 9.13 Å². The molecular weight excluding hydrogens is 255 g/mol. The topological polar surface area (TPSA) is 15.7 Å². The molecule has 110 valence electrons. The standard InChI is InChI=1S/C16H23FN2O/c1-20-16-4-2-3-15(11-16)18-9-6-14(7-10-18)19-8-5-13(17)12-19/h2-4,11,13-14H,5-10,12H2,1H3/t13-/m1/s1. The molecule has 0 spiro atoms. The normalized spacial score (nSPS) is 25.1. The van der Waals surface area contributed by atoms with Crippen LogP contribution in [-0.2, 0) is 0 Å². The number of methoxy groups -OCH3 is 1. The van der Waals surface area contributed by atoms with E-state index in [1.54, 1.807) is 7.11 Å². The van der Waals surface area contributed by atoms with E-state index in [4.69, 9.17) is 4.74 Å². The Morgan fingerprint density at radius 3 is 2.60 bits per heavy atom. The van der Waals surface area contributed by atoms with Crippen LogP contribution in [0.15, 0.2) is 24.3 Å². The highest BCUT2D eigenvalue weighted by Crippen LogP contribution is 2.27. The second-order valence-corrected chi connectivity index (χ2v) is 5.80. The van der Waals surface area contributed by atoms with Crippen molar-refractivity contribution in [1.29, 1.82) is 0 Å². The minimum Gasteiger partial charge on any atom is -0.497 e. The van der Waals surface area contributed by atoms with Crippen LogP contribution in [0.4, 0.5) is 10.1 Å². The molecule has 2 fully saturated rings. The van der Waals surface area contributed by atoms with E-state index in [0.717, 1.165) is 44.6 Å². The molecule has 4 heteroatoms. The molecule has 0 N–H and O–H groups in total. The molecule has 2 saturated heterocycles. The molecule has 0 unspecified atom stereocenters. The van der Waals surface area contributed by atoms with E-state index in [1.807, 2.05) is 12.1 Å². The number of likely N-dealkylation sites (tertiary alicyclic amines) is 1. The minimum atomic E-state index is -0.605. The summed E-state index contributed by atoms with van der Waals surface area (Å²) < 4.78 is 18.6. The van der Waals surface area contributed by atoms with Gasteiger partial charge in [-0.15, -0.1) is 0 Å². The molecule has 1 aromatic rings. The number of hydrogen-bond donors (Lipinski definition) is 0. The summed E-state index contributed by atoms with van der Waals surface area (Å²) in [5, 5.41) is 0. The molecule has 2 heterocycles. The lowest BCUT2D eigenvalue weighted by molar-refractivity contribution is 0.192. The fraction of sp³-hybridized carbons (Fsp3) is 0.625. The lowest BCUT2D eigenvalue weighted by Crippen LogP contribution is -2.44. The van der Waals surface area contributed by atoms with Gasteiger partial charge < -0.3 is 9.64 Å². The first-order valence-corrected chi connectivity index (χ1v) is 7.53. The SMILES string of the molecule is COc1cccc(N2CCC(N3CC[C@@H](F)C3)CC2)c1. The molecule has 0 amide bonds. The molecule has 0 aromatic heterocycles. The van der Waals surface area contributed by atoms with Crippen molar-refractivity contribution in [3.05, 3.63) is 24.3 Å². The molecule has 0 aliphatic carbocycles. The maximum Gasteiger partial charge on any atom is 0.120 e. The van der Waals surface area contributed by atoms with Crippen molar-refractivity contribution in [2.75, 3.05) is 38.2 Å². The minimum absolute atomic E-state index is 0.567. The zero-order valence-corrected chi connectivity index (χ0v) is 12.1. The van der Waals surface area contributed by atoms with E-state index >= 15 is 0 Å². The monoisotopic (exact) mass is 278 g/mol. The molecular formula is C16H23FN2O. The van der Waals surface area contributed by atoms with Crippen LogP contribution in [0.25, 0.3) is 0 Å². The van der Waals surface area contributed by atoms with Gasteiger partial charge in [-0.2, -0.15) is 0 Å². The number of alkyl halides is 1. The zero-order valence-electron chi connectivity index (χ0n) is 12.1. The van der Waals surface area contributed by atoms with E-state index in [2.05, 4.69) is 21.9 Å². The lowest BCUT2D eigenvalue weighted by atomic mass is 10.0. The van der Waals surface area contributed by atoms with E-state index < -0.39 is 6.17 Å². The van der Waals surface area contributed by atoms with Crippen LogP contribution in [0.2, 0.25) is 0 Å². The van der Waals surface area contributed by atoms with E-state index in [9.17, 15) is 4.39 Å². The quantitative estimate of drug-likeness (QED) is 0.845. The Kier molecular flexibility index (Phi) is 4.10. The number of hydrogen-bond acceptors (Lipinski definition) is 3. The van der Waals surface area contributed by atoms with Crippen molar-refractivity contribution in [2.24, 2.45) is 0 Å². The van der Waals surface area contributed by atoms with Gasteiger partial charge in [-0.25, -0.2) is 4.39 Å². The molecule has 2 aliphatic rings. The summed E-state index contributed by atoms with van der Waals surface area (Å²) in [5.74, 6) is 0.907. The summed E-state index contributed by atoms with van der Waals surface area (Å²) >= 11 is 0. The Bertz CT molecular complexity index is 446. The Hall–Kier alpha value is -1.29. The Balaban J connectivity index is 1.58. The van der Waals surface area contributed by atoms with Gasteiger partial charge in [0.15, 0.2) is 0 Å². The van der Waals surface area contributed by atoms with Gasteiger partial charge >= 0.3 is 0 Å². The summed E-state index contributed by atoms with van der Waals surface area (Å²) in [6.07, 6.45) is 2.37. The third-order valence-electron chi connectivity index (χ3n) is 4.56. The summed E-state index contributed by atoms with van der Waals surface area (Å²) in [4.78, 5) is 4.75. The number of nitrogens with zero attached hydrogens (tertiary/aromatic N) is 2. The highest BCUT2D eigenvalue weighted by Gasteiger charge is 2.30. The van der Waals surface area contributed by atoms with Crippen LogP contribution in [0.1, 0.15) is 19.3 Å². The van der Waals surface area contributed by atoms with Crippen molar-refractivity contribution in [3.63, 3.8) is 0 Å². The highest BCUT2D eigenvalue weighted by molar-refractivity contribution is 5.51. The van der Waals surface area contributed by atoms with Gasteiger partial charge in [0.2, 0.25) is 0 Å². The number of rotatable bonds is 3. The van der Waals surface area contributed by atoms with Gasteiger partial charge in [0.1, 0.15) is 11.9 Å². The zero-order chi connectivity index (χ0) is 13.9. The maximum atomic E-state index is 13.3. The average molecular weight is 278 g/mol. The number of benzene rings is 1. The fourth-order valence-corrected chi connectivity index (χ4v) is 3.37. The predicted molar refractivity (Wildman–Crippen MR) is 79.3 cm³/mol. The average Bonchev–Trinajstić information content (AvgIpc) is 2.94. The van der Waals surface area contributed by atoms with Crippen LogP contribution in [0.3, 0.4) is 0 Å². The second-order valence-electron chi connectivity index (χ2n) is 5.80. The van der Waals surface area contributed by atoms with Gasteiger partial charge in [0, 0.05) is 44.0 Å². The fourth-order valence-electron chi connectivity index (χ4n) is 3.37. The van der Waals surface area contributed by atoms with Crippen LogP contribution in [-0.4, -0.2) is 50.4 Å². The molecule has 1 atom stereocenters. The summed E-state index contributed by atoms with van der Waals surface area (Å²) in [6, 6.07) is 8.80. The first-order valence-electron chi connectivity index (χ1n) is 7.53. The van der Waals surface area contributed by atoms with E-state index in [-0.39, 0.29) is 0 Å². The number of piperidine rings is 1. The van der Waals surface area contributed by atoms with Gasteiger partial charge in [0.25, 0.3) is 0 Å². The number of ether oxygens (including phenoxy) is 1. The first-order chi connectivity index (χ1) is 9.76. The second kappa shape index (κ2) is 6.00. The van der Waals surface area contributed by atoms with Crippen LogP contribution >= 0.6 is 0 Å². The summed E-state index contributed by atoms with van der Waals surface area (Å²) in [5.41, 5.74) is 1.23. The van der Waals surface area contributed by atoms with Crippen molar-refractivity contribution >= 4 is 5.69 Å². The molecule has 0 saturated carbocycles. The maximum absolute atomic E-state index is 13.3. The van der Waals surface area contributed by atoms with Gasteiger partial charge in [-0.1, -0.05) is 6.07 Å². The summed E-state index contributed by atoms with van der Waals surface area (Å²) in [6.45, 7) is 3.67. The van der Waals surface area contributed by atoms with Crippen molar-refractivity contribution in [3.8, 4) is 5.75 Å². The van der Waals surface area contributed by atoms with Gasteiger partial charge in [0.05, 0.1) is 7.11 Å². The van der Waals surface area contributed by atoms with Gasteiger partial charge in [-0.05, 0) is 31.4 Å². The molecule has 20 heavy (non-hydrogen) atoms. The Labute approximate surface area is 120 Å². The Morgan fingerprint density at radius 1 is 1.15 bits per heavy atom. The molecule has 0 radical (unpaired) electrons. The molecule has 2 aliphatic heterocycles. The third-order valence-corrected chi connectivity index (χ3v) is 4.56. The third kappa shape index (κ3) is 2.90.